The van der Waals surface area contributed by atoms with Crippen molar-refractivity contribution in [1.82, 2.24) is 24.8 Å². The molecule has 1 atom stereocenters. The molecule has 6 heteroatoms. The Hall–Kier alpha value is -1.17. The molecule has 1 N–H and O–H groups in total. The molecular formula is C11H14ClN5. The summed E-state index contributed by atoms with van der Waals surface area (Å²) in [6.07, 6.45) is 1.78. The van der Waals surface area contributed by atoms with Crippen LogP contribution in [0.2, 0.25) is 5.02 Å². The lowest BCUT2D eigenvalue weighted by atomic mass is 10.2. The number of aromatic nitrogens is 3. The lowest BCUT2D eigenvalue weighted by Crippen LogP contribution is -2.44. The molecule has 1 saturated heterocycles. The van der Waals surface area contributed by atoms with Crippen molar-refractivity contribution in [2.24, 2.45) is 0 Å². The van der Waals surface area contributed by atoms with Gasteiger partial charge in [0.1, 0.15) is 0 Å². The number of hydrogen-bond donors (Lipinski definition) is 1. The van der Waals surface area contributed by atoms with Crippen molar-refractivity contribution in [2.45, 2.75) is 6.04 Å². The molecule has 17 heavy (non-hydrogen) atoms. The molecule has 0 amide bonds. The number of nitrogens with zero attached hydrogens (tertiary/aromatic N) is 4. The van der Waals surface area contributed by atoms with Gasteiger partial charge < -0.3 is 10.2 Å². The highest BCUT2D eigenvalue weighted by Gasteiger charge is 2.21. The number of halogens is 1. The van der Waals surface area contributed by atoms with Gasteiger partial charge in [0.15, 0.2) is 11.5 Å². The van der Waals surface area contributed by atoms with Crippen molar-refractivity contribution >= 4 is 17.2 Å². The smallest absolute Gasteiger partial charge is 0.169 e. The molecule has 0 saturated carbocycles. The van der Waals surface area contributed by atoms with Crippen molar-refractivity contribution < 1.29 is 0 Å². The summed E-state index contributed by atoms with van der Waals surface area (Å²) in [5.74, 6) is 0.832. The molecule has 0 aliphatic carbocycles. The first-order valence-corrected chi connectivity index (χ1v) is 6.04. The zero-order valence-electron chi connectivity index (χ0n) is 9.60. The van der Waals surface area contributed by atoms with Gasteiger partial charge in [-0.05, 0) is 19.2 Å². The highest BCUT2D eigenvalue weighted by molar-refractivity contribution is 6.30. The summed E-state index contributed by atoms with van der Waals surface area (Å²) >= 11 is 5.92. The van der Waals surface area contributed by atoms with E-state index in [0.717, 1.165) is 31.1 Å². The molecule has 3 rings (SSSR count). The summed E-state index contributed by atoms with van der Waals surface area (Å²) in [6.45, 7) is 2.97. The minimum atomic E-state index is 0.201. The first-order valence-electron chi connectivity index (χ1n) is 5.66. The lowest BCUT2D eigenvalue weighted by Gasteiger charge is -2.28. The third-order valence-electron chi connectivity index (χ3n) is 3.00. The summed E-state index contributed by atoms with van der Waals surface area (Å²) in [5, 5.41) is 8.56. The number of likely N-dealkylation sites (N-methyl/N-ethyl adjacent to an activating group) is 1. The molecule has 1 unspecified atom stereocenters. The topological polar surface area (TPSA) is 45.5 Å². The SMILES string of the molecule is CN1CCNC(c2nc3ccc(Cl)cn3n2)C1. The second kappa shape index (κ2) is 4.25. The maximum Gasteiger partial charge on any atom is 0.169 e. The predicted octanol–water partition coefficient (Wildman–Crippen LogP) is 0.959. The van der Waals surface area contributed by atoms with Crippen LogP contribution in [0.1, 0.15) is 11.9 Å². The van der Waals surface area contributed by atoms with E-state index >= 15 is 0 Å². The number of hydrogen-bond acceptors (Lipinski definition) is 4. The van der Waals surface area contributed by atoms with Crippen LogP contribution in [-0.4, -0.2) is 46.2 Å². The molecule has 1 aliphatic heterocycles. The second-order valence-corrected chi connectivity index (χ2v) is 4.83. The lowest BCUT2D eigenvalue weighted by molar-refractivity contribution is 0.235. The third kappa shape index (κ3) is 2.13. The van der Waals surface area contributed by atoms with Gasteiger partial charge in [-0.15, -0.1) is 5.10 Å². The molecule has 0 aromatic carbocycles. The summed E-state index contributed by atoms with van der Waals surface area (Å²) in [7, 11) is 2.11. The number of pyridine rings is 1. The Kier molecular flexibility index (Phi) is 2.74. The zero-order chi connectivity index (χ0) is 11.8. The van der Waals surface area contributed by atoms with Gasteiger partial charge in [-0.1, -0.05) is 11.6 Å². The normalized spacial score (nSPS) is 22.1. The minimum Gasteiger partial charge on any atom is -0.305 e. The Morgan fingerprint density at radius 1 is 1.47 bits per heavy atom. The quantitative estimate of drug-likeness (QED) is 0.820. The van der Waals surface area contributed by atoms with E-state index in [1.165, 1.54) is 0 Å². The van der Waals surface area contributed by atoms with E-state index < -0.39 is 0 Å². The van der Waals surface area contributed by atoms with Crippen LogP contribution >= 0.6 is 11.6 Å². The van der Waals surface area contributed by atoms with Gasteiger partial charge in [0, 0.05) is 25.8 Å². The minimum absolute atomic E-state index is 0.201. The van der Waals surface area contributed by atoms with Gasteiger partial charge in [-0.3, -0.25) is 0 Å². The first kappa shape index (κ1) is 11.0. The number of nitrogens with one attached hydrogen (secondary N) is 1. The highest BCUT2D eigenvalue weighted by atomic mass is 35.5. The van der Waals surface area contributed by atoms with Crippen molar-refractivity contribution in [3.05, 3.63) is 29.2 Å². The van der Waals surface area contributed by atoms with Crippen LogP contribution in [0.25, 0.3) is 5.65 Å². The molecule has 5 nitrogen and oxygen atoms in total. The van der Waals surface area contributed by atoms with Crippen molar-refractivity contribution in [3.8, 4) is 0 Å². The molecule has 1 aliphatic rings. The summed E-state index contributed by atoms with van der Waals surface area (Å²) in [6, 6.07) is 3.91. The number of rotatable bonds is 1. The van der Waals surface area contributed by atoms with Crippen LogP contribution in [-0.2, 0) is 0 Å². The van der Waals surface area contributed by atoms with Crippen LogP contribution in [0.5, 0.6) is 0 Å². The maximum absolute atomic E-state index is 5.92. The van der Waals surface area contributed by atoms with E-state index in [-0.39, 0.29) is 6.04 Å². The van der Waals surface area contributed by atoms with Crippen LogP contribution in [0.3, 0.4) is 0 Å². The molecule has 0 radical (unpaired) electrons. The van der Waals surface area contributed by atoms with Crippen molar-refractivity contribution in [1.29, 1.82) is 0 Å². The molecule has 3 heterocycles. The largest absolute Gasteiger partial charge is 0.305 e. The molecule has 0 spiro atoms. The summed E-state index contributed by atoms with van der Waals surface area (Å²) in [5.41, 5.74) is 0.833. The van der Waals surface area contributed by atoms with Gasteiger partial charge in [0.2, 0.25) is 0 Å². The fourth-order valence-corrected chi connectivity index (χ4v) is 2.25. The Labute approximate surface area is 104 Å². The Morgan fingerprint density at radius 3 is 3.18 bits per heavy atom. The molecular weight excluding hydrogens is 238 g/mol. The van der Waals surface area contributed by atoms with Crippen LogP contribution in [0.4, 0.5) is 0 Å². The summed E-state index contributed by atoms with van der Waals surface area (Å²) < 4.78 is 1.73. The number of piperazine rings is 1. The van der Waals surface area contributed by atoms with Gasteiger partial charge in [0.25, 0.3) is 0 Å². The van der Waals surface area contributed by atoms with E-state index in [1.54, 1.807) is 10.7 Å². The number of fused-ring (bicyclic) bond motifs is 1. The Bertz CT molecular complexity index is 538. The Balaban J connectivity index is 1.94. The fraction of sp³-hybridized carbons (Fsp3) is 0.455. The van der Waals surface area contributed by atoms with Crippen molar-refractivity contribution in [3.63, 3.8) is 0 Å². The molecule has 1 fully saturated rings. The average Bonchev–Trinajstić information content (AvgIpc) is 2.72. The standard InChI is InChI=1S/C11H14ClN5/c1-16-5-4-13-9(7-16)11-14-10-3-2-8(12)6-17(10)15-11/h2-3,6,9,13H,4-5,7H2,1H3. The van der Waals surface area contributed by atoms with Crippen LogP contribution in [0, 0.1) is 0 Å². The van der Waals surface area contributed by atoms with Gasteiger partial charge in [-0.25, -0.2) is 9.50 Å². The summed E-state index contributed by atoms with van der Waals surface area (Å²) in [4.78, 5) is 6.79. The van der Waals surface area contributed by atoms with E-state index in [4.69, 9.17) is 11.6 Å². The van der Waals surface area contributed by atoms with E-state index in [1.807, 2.05) is 12.1 Å². The predicted molar refractivity (Wildman–Crippen MR) is 66.2 cm³/mol. The second-order valence-electron chi connectivity index (χ2n) is 4.39. The third-order valence-corrected chi connectivity index (χ3v) is 3.23. The highest BCUT2D eigenvalue weighted by Crippen LogP contribution is 2.15. The molecule has 2 aromatic rings. The fourth-order valence-electron chi connectivity index (χ4n) is 2.09. The molecule has 2 aromatic heterocycles. The molecule has 0 bridgehead atoms. The monoisotopic (exact) mass is 251 g/mol. The van der Waals surface area contributed by atoms with Crippen LogP contribution < -0.4 is 5.32 Å². The first-order chi connectivity index (χ1) is 8.22. The molecule has 90 valence electrons. The van der Waals surface area contributed by atoms with E-state index in [2.05, 4.69) is 27.3 Å². The van der Waals surface area contributed by atoms with E-state index in [0.29, 0.717) is 5.02 Å². The Morgan fingerprint density at radius 2 is 2.35 bits per heavy atom. The average molecular weight is 252 g/mol. The van der Waals surface area contributed by atoms with Crippen molar-refractivity contribution in [2.75, 3.05) is 26.7 Å². The maximum atomic E-state index is 5.92. The van der Waals surface area contributed by atoms with Crippen LogP contribution in [0.15, 0.2) is 18.3 Å². The van der Waals surface area contributed by atoms with E-state index in [9.17, 15) is 0 Å². The van der Waals surface area contributed by atoms with Gasteiger partial charge in [-0.2, -0.15) is 0 Å². The zero-order valence-corrected chi connectivity index (χ0v) is 10.4. The van der Waals surface area contributed by atoms with Gasteiger partial charge in [0.05, 0.1) is 11.1 Å². The van der Waals surface area contributed by atoms with Gasteiger partial charge >= 0.3 is 0 Å².